The van der Waals surface area contributed by atoms with Crippen LogP contribution in [0.4, 0.5) is 14.9 Å². The summed E-state index contributed by atoms with van der Waals surface area (Å²) in [5.41, 5.74) is 3.28. The van der Waals surface area contributed by atoms with Crippen molar-refractivity contribution in [3.8, 4) is 16.9 Å². The number of carbonyl (C=O) groups excluding carboxylic acids is 1. The first-order valence-electron chi connectivity index (χ1n) is 9.20. The number of halogens is 1. The quantitative estimate of drug-likeness (QED) is 0.671. The standard InChI is InChI=1S/C21H21FN4O3/c1-29-20-7-14(6-17(22)8-20)11-25-19(13-27)12-26(21(25)28)18-4-2-15(3-5-18)16-9-23-24-10-16/h2-10,19,27H,11-13H2,1H3,(H,23,24)/t19-/m1/s1. The minimum absolute atomic E-state index is 0.179. The lowest BCUT2D eigenvalue weighted by atomic mass is 10.1. The predicted molar refractivity (Wildman–Crippen MR) is 106 cm³/mol. The van der Waals surface area contributed by atoms with Gasteiger partial charge < -0.3 is 14.7 Å². The zero-order chi connectivity index (χ0) is 20.4. The van der Waals surface area contributed by atoms with Crippen molar-refractivity contribution in [3.63, 3.8) is 0 Å². The van der Waals surface area contributed by atoms with Crippen molar-refractivity contribution in [2.45, 2.75) is 12.6 Å². The van der Waals surface area contributed by atoms with Crippen molar-refractivity contribution >= 4 is 11.7 Å². The third-order valence-corrected chi connectivity index (χ3v) is 5.05. The molecule has 150 valence electrons. The Morgan fingerprint density at radius 3 is 2.69 bits per heavy atom. The smallest absolute Gasteiger partial charge is 0.325 e. The zero-order valence-electron chi connectivity index (χ0n) is 15.9. The van der Waals surface area contributed by atoms with Crippen LogP contribution in [-0.4, -0.2) is 52.5 Å². The summed E-state index contributed by atoms with van der Waals surface area (Å²) < 4.78 is 18.9. The summed E-state index contributed by atoms with van der Waals surface area (Å²) >= 11 is 0. The number of carbonyl (C=O) groups is 1. The van der Waals surface area contributed by atoms with Crippen molar-refractivity contribution in [3.05, 3.63) is 66.2 Å². The summed E-state index contributed by atoms with van der Waals surface area (Å²) in [7, 11) is 1.46. The summed E-state index contributed by atoms with van der Waals surface area (Å²) in [6.07, 6.45) is 3.53. The number of aromatic nitrogens is 2. The topological polar surface area (TPSA) is 81.7 Å². The van der Waals surface area contributed by atoms with E-state index in [9.17, 15) is 14.3 Å². The number of nitrogens with zero attached hydrogens (tertiary/aromatic N) is 3. The number of aliphatic hydroxyl groups excluding tert-OH is 1. The third-order valence-electron chi connectivity index (χ3n) is 5.05. The Bertz CT molecular complexity index is 992. The molecular formula is C21H21FN4O3. The molecule has 0 bridgehead atoms. The minimum atomic E-state index is -0.432. The van der Waals surface area contributed by atoms with Gasteiger partial charge in [0, 0.05) is 30.1 Å². The van der Waals surface area contributed by atoms with Gasteiger partial charge in [0.2, 0.25) is 0 Å². The second-order valence-electron chi connectivity index (χ2n) is 6.89. The molecule has 1 aliphatic heterocycles. The Balaban J connectivity index is 1.55. The highest BCUT2D eigenvalue weighted by Crippen LogP contribution is 2.28. The summed E-state index contributed by atoms with van der Waals surface area (Å²) in [5.74, 6) is -0.0443. The average molecular weight is 396 g/mol. The van der Waals surface area contributed by atoms with Crippen LogP contribution in [0.5, 0.6) is 5.75 Å². The number of benzene rings is 2. The van der Waals surface area contributed by atoms with E-state index in [0.717, 1.165) is 16.8 Å². The molecule has 8 heteroatoms. The van der Waals surface area contributed by atoms with E-state index in [2.05, 4.69) is 10.2 Å². The summed E-state index contributed by atoms with van der Waals surface area (Å²) in [5, 5.41) is 16.5. The number of methoxy groups -OCH3 is 1. The van der Waals surface area contributed by atoms with Crippen molar-refractivity contribution in [2.24, 2.45) is 0 Å². The van der Waals surface area contributed by atoms with Crippen molar-refractivity contribution in [1.29, 1.82) is 0 Å². The highest BCUT2D eigenvalue weighted by molar-refractivity contribution is 5.95. The van der Waals surface area contributed by atoms with Crippen LogP contribution in [0.3, 0.4) is 0 Å². The Kier molecular flexibility index (Phi) is 5.18. The Morgan fingerprint density at radius 2 is 2.03 bits per heavy atom. The van der Waals surface area contributed by atoms with E-state index >= 15 is 0 Å². The molecule has 2 N–H and O–H groups in total. The first-order chi connectivity index (χ1) is 14.1. The number of urea groups is 1. The fourth-order valence-corrected chi connectivity index (χ4v) is 3.54. The molecule has 1 aliphatic rings. The lowest BCUT2D eigenvalue weighted by Crippen LogP contribution is -2.36. The lowest BCUT2D eigenvalue weighted by molar-refractivity contribution is 0.161. The molecule has 1 fully saturated rings. The number of ether oxygens (including phenoxy) is 1. The van der Waals surface area contributed by atoms with E-state index in [1.165, 1.54) is 19.2 Å². The average Bonchev–Trinajstić information content (AvgIpc) is 3.37. The van der Waals surface area contributed by atoms with Gasteiger partial charge in [-0.05, 0) is 35.4 Å². The number of hydrogen-bond donors (Lipinski definition) is 2. The monoisotopic (exact) mass is 396 g/mol. The number of H-pyrrole nitrogens is 1. The van der Waals surface area contributed by atoms with E-state index in [1.54, 1.807) is 28.3 Å². The van der Waals surface area contributed by atoms with Crippen LogP contribution in [0.25, 0.3) is 11.1 Å². The minimum Gasteiger partial charge on any atom is -0.497 e. The number of anilines is 1. The van der Waals surface area contributed by atoms with Gasteiger partial charge in [-0.3, -0.25) is 10.00 Å². The normalized spacial score (nSPS) is 16.5. The number of aliphatic hydroxyl groups is 1. The molecule has 7 nitrogen and oxygen atoms in total. The first-order valence-corrected chi connectivity index (χ1v) is 9.20. The van der Waals surface area contributed by atoms with Crippen molar-refractivity contribution < 1.29 is 19.0 Å². The summed E-state index contributed by atoms with van der Waals surface area (Å²) in [4.78, 5) is 16.2. The van der Waals surface area contributed by atoms with Gasteiger partial charge in [-0.25, -0.2) is 9.18 Å². The van der Waals surface area contributed by atoms with Gasteiger partial charge in [-0.15, -0.1) is 0 Å². The number of amides is 2. The number of hydrogen-bond acceptors (Lipinski definition) is 4. The van der Waals surface area contributed by atoms with Crippen LogP contribution in [0, 0.1) is 5.82 Å². The van der Waals surface area contributed by atoms with Gasteiger partial charge in [-0.1, -0.05) is 12.1 Å². The molecule has 2 aromatic carbocycles. The molecule has 1 aromatic heterocycles. The lowest BCUT2D eigenvalue weighted by Gasteiger charge is -2.22. The van der Waals surface area contributed by atoms with E-state index in [4.69, 9.17) is 4.74 Å². The van der Waals surface area contributed by atoms with E-state index in [-0.39, 0.29) is 25.2 Å². The van der Waals surface area contributed by atoms with Gasteiger partial charge >= 0.3 is 6.03 Å². The second-order valence-corrected chi connectivity index (χ2v) is 6.89. The molecule has 0 aliphatic carbocycles. The molecule has 0 saturated carbocycles. The second kappa shape index (κ2) is 7.92. The van der Waals surface area contributed by atoms with Crippen LogP contribution < -0.4 is 9.64 Å². The van der Waals surface area contributed by atoms with Crippen molar-refractivity contribution in [2.75, 3.05) is 25.2 Å². The maximum absolute atomic E-state index is 13.8. The largest absolute Gasteiger partial charge is 0.497 e. The molecule has 2 heterocycles. The van der Waals surface area contributed by atoms with Crippen LogP contribution >= 0.6 is 0 Å². The fraction of sp³-hybridized carbons (Fsp3) is 0.238. The highest BCUT2D eigenvalue weighted by atomic mass is 19.1. The highest BCUT2D eigenvalue weighted by Gasteiger charge is 2.37. The van der Waals surface area contributed by atoms with Crippen LogP contribution in [0.2, 0.25) is 0 Å². The molecule has 4 rings (SSSR count). The van der Waals surface area contributed by atoms with E-state index < -0.39 is 5.82 Å². The fourth-order valence-electron chi connectivity index (χ4n) is 3.54. The molecule has 2 amide bonds. The maximum Gasteiger partial charge on any atom is 0.325 e. The Hall–Kier alpha value is -3.39. The predicted octanol–water partition coefficient (Wildman–Crippen LogP) is 3.03. The van der Waals surface area contributed by atoms with Gasteiger partial charge in [0.05, 0.1) is 32.5 Å². The molecule has 0 spiro atoms. The van der Waals surface area contributed by atoms with Gasteiger partial charge in [0.1, 0.15) is 11.6 Å². The van der Waals surface area contributed by atoms with Crippen LogP contribution in [-0.2, 0) is 6.54 Å². The zero-order valence-corrected chi connectivity index (χ0v) is 15.9. The molecule has 0 unspecified atom stereocenters. The summed E-state index contributed by atoms with van der Waals surface area (Å²) in [6.45, 7) is 0.358. The van der Waals surface area contributed by atoms with Crippen molar-refractivity contribution in [1.82, 2.24) is 15.1 Å². The van der Waals surface area contributed by atoms with Crippen LogP contribution in [0.15, 0.2) is 54.9 Å². The third kappa shape index (κ3) is 3.79. The molecule has 1 saturated heterocycles. The molecule has 29 heavy (non-hydrogen) atoms. The Morgan fingerprint density at radius 1 is 1.24 bits per heavy atom. The van der Waals surface area contributed by atoms with Crippen LogP contribution in [0.1, 0.15) is 5.56 Å². The van der Waals surface area contributed by atoms with E-state index in [1.807, 2.05) is 24.3 Å². The molecular weight excluding hydrogens is 375 g/mol. The maximum atomic E-state index is 13.8. The number of rotatable bonds is 6. The van der Waals surface area contributed by atoms with Gasteiger partial charge in [0.15, 0.2) is 0 Å². The van der Waals surface area contributed by atoms with Gasteiger partial charge in [0.25, 0.3) is 0 Å². The van der Waals surface area contributed by atoms with Gasteiger partial charge in [-0.2, -0.15) is 5.10 Å². The van der Waals surface area contributed by atoms with E-state index in [0.29, 0.717) is 17.9 Å². The Labute approximate surface area is 167 Å². The number of aromatic amines is 1. The number of nitrogens with one attached hydrogen (secondary N) is 1. The SMILES string of the molecule is COc1cc(F)cc(CN2C(=O)N(c3ccc(-c4cn[nH]c4)cc3)C[C@@H]2CO)c1. The summed E-state index contributed by atoms with van der Waals surface area (Å²) in [6, 6.07) is 11.3. The molecule has 3 aromatic rings. The first kappa shape index (κ1) is 18.9. The molecule has 0 radical (unpaired) electrons. The molecule has 1 atom stereocenters.